The molecule has 1 aliphatic carbocycles. The summed E-state index contributed by atoms with van der Waals surface area (Å²) in [6, 6.07) is 3.96. The molecule has 1 saturated heterocycles. The van der Waals surface area contributed by atoms with Gasteiger partial charge >= 0.3 is 0 Å². The van der Waals surface area contributed by atoms with Gasteiger partial charge in [-0.3, -0.25) is 4.79 Å². The molecule has 134 valence electrons. The lowest BCUT2D eigenvalue weighted by molar-refractivity contribution is 0.0781. The molecule has 2 atom stereocenters. The van der Waals surface area contributed by atoms with Gasteiger partial charge in [-0.15, -0.1) is 11.3 Å². The molecule has 1 saturated carbocycles. The minimum atomic E-state index is -0.110. The van der Waals surface area contributed by atoms with E-state index in [9.17, 15) is 4.79 Å². The SMILES string of the molecule is Cc1ccc(C(=O)N2C[C@H]3CCC[C@@]3(c3noc(CC(C)C)n3)C2)s1. The summed E-state index contributed by atoms with van der Waals surface area (Å²) in [5, 5.41) is 4.33. The summed E-state index contributed by atoms with van der Waals surface area (Å²) >= 11 is 1.58. The molecule has 0 N–H and O–H groups in total. The molecule has 2 fully saturated rings. The van der Waals surface area contributed by atoms with Crippen LogP contribution in [0.5, 0.6) is 0 Å². The smallest absolute Gasteiger partial charge is 0.263 e. The second-order valence-corrected chi connectivity index (χ2v) is 9.24. The van der Waals surface area contributed by atoms with Gasteiger partial charge in [0.1, 0.15) is 0 Å². The molecule has 2 aromatic rings. The van der Waals surface area contributed by atoms with Gasteiger partial charge in [-0.2, -0.15) is 4.98 Å². The second kappa shape index (κ2) is 6.24. The van der Waals surface area contributed by atoms with Gasteiger partial charge in [0, 0.05) is 24.4 Å². The van der Waals surface area contributed by atoms with Crippen molar-refractivity contribution in [2.75, 3.05) is 13.1 Å². The minimum Gasteiger partial charge on any atom is -0.339 e. The summed E-state index contributed by atoms with van der Waals surface area (Å²) in [6.45, 7) is 7.87. The van der Waals surface area contributed by atoms with Crippen molar-refractivity contribution in [2.24, 2.45) is 11.8 Å². The molecule has 1 amide bonds. The van der Waals surface area contributed by atoms with Gasteiger partial charge in [0.15, 0.2) is 5.82 Å². The quantitative estimate of drug-likeness (QED) is 0.832. The lowest BCUT2D eigenvalue weighted by atomic mass is 9.80. The second-order valence-electron chi connectivity index (χ2n) is 7.95. The van der Waals surface area contributed by atoms with Crippen molar-refractivity contribution < 1.29 is 9.32 Å². The number of fused-ring (bicyclic) bond motifs is 1. The standard InChI is InChI=1S/C19H25N3O2S/c1-12(2)9-16-20-18(21-24-16)19-8-4-5-14(19)10-22(11-19)17(23)15-7-6-13(3)25-15/h6-7,12,14H,4-5,8-11H2,1-3H3/t14-,19-/m1/s1. The van der Waals surface area contributed by atoms with E-state index in [-0.39, 0.29) is 11.3 Å². The number of hydrogen-bond donors (Lipinski definition) is 0. The zero-order chi connectivity index (χ0) is 17.6. The van der Waals surface area contributed by atoms with E-state index in [2.05, 4.69) is 19.0 Å². The molecule has 2 aliphatic rings. The zero-order valence-electron chi connectivity index (χ0n) is 15.1. The molecule has 3 heterocycles. The molecule has 2 aromatic heterocycles. The number of thiophene rings is 1. The normalized spacial score (nSPS) is 25.8. The van der Waals surface area contributed by atoms with Crippen molar-refractivity contribution in [2.45, 2.75) is 51.9 Å². The number of rotatable bonds is 4. The van der Waals surface area contributed by atoms with E-state index in [1.807, 2.05) is 24.0 Å². The Kier molecular flexibility index (Phi) is 4.18. The number of amides is 1. The summed E-state index contributed by atoms with van der Waals surface area (Å²) < 4.78 is 5.51. The highest BCUT2D eigenvalue weighted by atomic mass is 32.1. The average Bonchev–Trinajstić information content (AvgIpc) is 3.27. The van der Waals surface area contributed by atoms with Crippen molar-refractivity contribution in [1.82, 2.24) is 15.0 Å². The summed E-state index contributed by atoms with van der Waals surface area (Å²) in [5.74, 6) is 2.64. The fourth-order valence-electron chi connectivity index (χ4n) is 4.40. The summed E-state index contributed by atoms with van der Waals surface area (Å²) in [4.78, 5) is 21.6. The van der Waals surface area contributed by atoms with Crippen LogP contribution in [0.25, 0.3) is 0 Å². The maximum Gasteiger partial charge on any atom is 0.263 e. The van der Waals surface area contributed by atoms with Crippen LogP contribution in [0.15, 0.2) is 16.7 Å². The Labute approximate surface area is 152 Å². The number of carbonyl (C=O) groups is 1. The number of carbonyl (C=O) groups excluding carboxylic acids is 1. The average molecular weight is 359 g/mol. The van der Waals surface area contributed by atoms with Gasteiger partial charge in [0.2, 0.25) is 5.89 Å². The minimum absolute atomic E-state index is 0.110. The van der Waals surface area contributed by atoms with E-state index < -0.39 is 0 Å². The Balaban J connectivity index is 1.58. The molecule has 0 unspecified atom stereocenters. The molecule has 5 nitrogen and oxygen atoms in total. The van der Waals surface area contributed by atoms with Crippen molar-refractivity contribution >= 4 is 17.2 Å². The third-order valence-corrected chi connectivity index (χ3v) is 6.59. The first-order valence-electron chi connectivity index (χ1n) is 9.17. The van der Waals surface area contributed by atoms with E-state index in [1.165, 1.54) is 11.3 Å². The lowest BCUT2D eigenvalue weighted by Gasteiger charge is -2.24. The Hall–Kier alpha value is -1.69. The maximum absolute atomic E-state index is 12.9. The topological polar surface area (TPSA) is 59.2 Å². The van der Waals surface area contributed by atoms with Crippen molar-refractivity contribution in [3.63, 3.8) is 0 Å². The van der Waals surface area contributed by atoms with Crippen LogP contribution in [-0.4, -0.2) is 34.0 Å². The Morgan fingerprint density at radius 3 is 3.04 bits per heavy atom. The molecule has 6 heteroatoms. The zero-order valence-corrected chi connectivity index (χ0v) is 15.9. The molecule has 4 rings (SSSR count). The summed E-state index contributed by atoms with van der Waals surface area (Å²) in [7, 11) is 0. The Morgan fingerprint density at radius 1 is 1.48 bits per heavy atom. The fourth-order valence-corrected chi connectivity index (χ4v) is 5.24. The Bertz CT molecular complexity index is 781. The van der Waals surface area contributed by atoms with Crippen LogP contribution < -0.4 is 0 Å². The van der Waals surface area contributed by atoms with Crippen molar-refractivity contribution in [3.8, 4) is 0 Å². The number of aromatic nitrogens is 2. The van der Waals surface area contributed by atoms with Crippen LogP contribution in [0.4, 0.5) is 0 Å². The molecule has 25 heavy (non-hydrogen) atoms. The van der Waals surface area contributed by atoms with Crippen molar-refractivity contribution in [3.05, 3.63) is 33.6 Å². The number of aryl methyl sites for hydroxylation is 1. The van der Waals surface area contributed by atoms with E-state index in [0.29, 0.717) is 18.4 Å². The monoisotopic (exact) mass is 359 g/mol. The van der Waals surface area contributed by atoms with Gasteiger partial charge in [-0.1, -0.05) is 25.4 Å². The molecule has 0 radical (unpaired) electrons. The third-order valence-electron chi connectivity index (χ3n) is 5.61. The molecule has 0 bridgehead atoms. The van der Waals surface area contributed by atoms with Crippen LogP contribution in [0.3, 0.4) is 0 Å². The Morgan fingerprint density at radius 2 is 2.32 bits per heavy atom. The molecule has 1 aliphatic heterocycles. The van der Waals surface area contributed by atoms with Gasteiger partial charge < -0.3 is 9.42 Å². The number of likely N-dealkylation sites (tertiary alicyclic amines) is 1. The van der Waals surface area contributed by atoms with Crippen LogP contribution in [0.1, 0.15) is 59.4 Å². The highest BCUT2D eigenvalue weighted by Crippen LogP contribution is 2.49. The van der Waals surface area contributed by atoms with Crippen molar-refractivity contribution in [1.29, 1.82) is 0 Å². The van der Waals surface area contributed by atoms with E-state index >= 15 is 0 Å². The first-order chi connectivity index (χ1) is 12.0. The highest BCUT2D eigenvalue weighted by Gasteiger charge is 2.54. The summed E-state index contributed by atoms with van der Waals surface area (Å²) in [5.41, 5.74) is -0.110. The molecular weight excluding hydrogens is 334 g/mol. The maximum atomic E-state index is 12.9. The summed E-state index contributed by atoms with van der Waals surface area (Å²) in [6.07, 6.45) is 4.18. The van der Waals surface area contributed by atoms with Crippen LogP contribution in [0, 0.1) is 18.8 Å². The largest absolute Gasteiger partial charge is 0.339 e. The number of nitrogens with zero attached hydrogens (tertiary/aromatic N) is 3. The highest BCUT2D eigenvalue weighted by molar-refractivity contribution is 7.13. The van der Waals surface area contributed by atoms with Crippen LogP contribution >= 0.6 is 11.3 Å². The van der Waals surface area contributed by atoms with Gasteiger partial charge in [0.25, 0.3) is 5.91 Å². The van der Waals surface area contributed by atoms with E-state index in [4.69, 9.17) is 9.51 Å². The van der Waals surface area contributed by atoms with E-state index in [0.717, 1.165) is 42.4 Å². The predicted molar refractivity (Wildman–Crippen MR) is 96.8 cm³/mol. The first kappa shape index (κ1) is 16.8. The van der Waals surface area contributed by atoms with Gasteiger partial charge in [-0.25, -0.2) is 0 Å². The predicted octanol–water partition coefficient (Wildman–Crippen LogP) is 3.83. The van der Waals surface area contributed by atoms with E-state index in [1.54, 1.807) is 11.3 Å². The molecule has 0 spiro atoms. The fraction of sp³-hybridized carbons (Fsp3) is 0.632. The molecule has 0 aromatic carbocycles. The van der Waals surface area contributed by atoms with Gasteiger partial charge in [0.05, 0.1) is 10.3 Å². The van der Waals surface area contributed by atoms with Crippen LogP contribution in [-0.2, 0) is 11.8 Å². The molecular formula is C19H25N3O2S. The van der Waals surface area contributed by atoms with Crippen LogP contribution in [0.2, 0.25) is 0 Å². The van der Waals surface area contributed by atoms with Gasteiger partial charge in [-0.05, 0) is 43.7 Å². The third kappa shape index (κ3) is 2.90. The number of hydrogen-bond acceptors (Lipinski definition) is 5. The lowest BCUT2D eigenvalue weighted by Crippen LogP contribution is -2.35. The first-order valence-corrected chi connectivity index (χ1v) is 9.98.